The highest BCUT2D eigenvalue weighted by Crippen LogP contribution is 2.29. The summed E-state index contributed by atoms with van der Waals surface area (Å²) in [5.74, 6) is -0.124. The minimum atomic E-state index is -3.60. The van der Waals surface area contributed by atoms with Gasteiger partial charge >= 0.3 is 0 Å². The molecule has 0 aliphatic carbocycles. The fourth-order valence-electron chi connectivity index (χ4n) is 3.83. The molecule has 27 heavy (non-hydrogen) atoms. The summed E-state index contributed by atoms with van der Waals surface area (Å²) in [5, 5.41) is 0. The number of sulfonamides is 1. The summed E-state index contributed by atoms with van der Waals surface area (Å²) in [6.45, 7) is 2.96. The number of carbonyl (C=O) groups excluding carboxylic acids is 1. The van der Waals surface area contributed by atoms with E-state index in [9.17, 15) is 13.2 Å². The van der Waals surface area contributed by atoms with Crippen molar-refractivity contribution in [2.24, 2.45) is 5.73 Å². The van der Waals surface area contributed by atoms with Crippen LogP contribution >= 0.6 is 0 Å². The summed E-state index contributed by atoms with van der Waals surface area (Å²) in [4.78, 5) is 17.4. The van der Waals surface area contributed by atoms with E-state index in [1.807, 2.05) is 0 Å². The zero-order valence-corrected chi connectivity index (χ0v) is 17.0. The Labute approximate surface area is 162 Å². The van der Waals surface area contributed by atoms with Crippen LogP contribution in [0, 0.1) is 0 Å². The van der Waals surface area contributed by atoms with Crippen LogP contribution in [-0.4, -0.2) is 69.8 Å². The quantitative estimate of drug-likeness (QED) is 0.836. The molecular weight excluding hydrogens is 364 g/mol. The number of benzene rings is 1. The van der Waals surface area contributed by atoms with Crippen LogP contribution in [-0.2, 0) is 10.0 Å². The number of piperidine rings is 2. The second kappa shape index (κ2) is 8.16. The number of amides is 1. The predicted molar refractivity (Wildman–Crippen MR) is 106 cm³/mol. The number of hydrogen-bond donors (Lipinski definition) is 1. The fraction of sp³-hybridized carbons (Fsp3) is 0.632. The number of rotatable bonds is 4. The molecule has 0 saturated carbocycles. The third kappa shape index (κ3) is 4.28. The Balaban J connectivity index is 2.02. The Hall–Kier alpha value is -1.64. The van der Waals surface area contributed by atoms with Crippen molar-refractivity contribution >= 4 is 21.6 Å². The average Bonchev–Trinajstić information content (AvgIpc) is 2.67. The zero-order chi connectivity index (χ0) is 19.6. The molecule has 1 aromatic carbocycles. The van der Waals surface area contributed by atoms with E-state index < -0.39 is 10.0 Å². The highest BCUT2D eigenvalue weighted by atomic mass is 32.2. The van der Waals surface area contributed by atoms with Crippen molar-refractivity contribution in [2.45, 2.75) is 43.0 Å². The van der Waals surface area contributed by atoms with Crippen LogP contribution in [0.5, 0.6) is 0 Å². The largest absolute Gasteiger partial charge is 0.371 e. The van der Waals surface area contributed by atoms with Crippen LogP contribution in [0.2, 0.25) is 0 Å². The van der Waals surface area contributed by atoms with Crippen molar-refractivity contribution < 1.29 is 13.2 Å². The molecule has 2 fully saturated rings. The van der Waals surface area contributed by atoms with Gasteiger partial charge in [-0.1, -0.05) is 0 Å². The highest BCUT2D eigenvalue weighted by Gasteiger charge is 2.28. The van der Waals surface area contributed by atoms with Gasteiger partial charge in [0.1, 0.15) is 0 Å². The smallest absolute Gasteiger partial charge is 0.256 e. The first kappa shape index (κ1) is 20.1. The average molecular weight is 395 g/mol. The molecular formula is C19H30N4O3S. The molecule has 3 rings (SSSR count). The normalized spacial score (nSPS) is 21.6. The lowest BCUT2D eigenvalue weighted by molar-refractivity contribution is 0.0709. The Bertz CT molecular complexity index is 788. The van der Waals surface area contributed by atoms with Gasteiger partial charge in [0.25, 0.3) is 5.91 Å². The van der Waals surface area contributed by atoms with Crippen molar-refractivity contribution in [1.82, 2.24) is 9.21 Å². The molecule has 8 heteroatoms. The van der Waals surface area contributed by atoms with Crippen LogP contribution in [0.4, 0.5) is 5.69 Å². The molecule has 2 heterocycles. The maximum absolute atomic E-state index is 13.3. The molecule has 0 spiro atoms. The Morgan fingerprint density at radius 2 is 1.81 bits per heavy atom. The summed E-state index contributed by atoms with van der Waals surface area (Å²) >= 11 is 0. The third-order valence-electron chi connectivity index (χ3n) is 5.42. The number of nitrogens with zero attached hydrogens (tertiary/aromatic N) is 3. The summed E-state index contributed by atoms with van der Waals surface area (Å²) in [6.07, 6.45) is 5.15. The van der Waals surface area contributed by atoms with Crippen molar-refractivity contribution in [1.29, 1.82) is 0 Å². The topological polar surface area (TPSA) is 87.0 Å². The van der Waals surface area contributed by atoms with Gasteiger partial charge in [-0.2, -0.15) is 0 Å². The van der Waals surface area contributed by atoms with E-state index in [1.165, 1.54) is 24.8 Å². The molecule has 2 aliphatic rings. The summed E-state index contributed by atoms with van der Waals surface area (Å²) in [5.41, 5.74) is 7.35. The monoisotopic (exact) mass is 394 g/mol. The Morgan fingerprint density at radius 3 is 2.44 bits per heavy atom. The fourth-order valence-corrected chi connectivity index (χ4v) is 4.76. The molecule has 1 atom stereocenters. The van der Waals surface area contributed by atoms with E-state index in [4.69, 9.17) is 5.73 Å². The maximum Gasteiger partial charge on any atom is 0.256 e. The molecule has 1 unspecified atom stereocenters. The first-order chi connectivity index (χ1) is 12.8. The summed E-state index contributed by atoms with van der Waals surface area (Å²) in [7, 11) is -0.604. The molecule has 0 bridgehead atoms. The van der Waals surface area contributed by atoms with Gasteiger partial charge in [-0.3, -0.25) is 4.79 Å². The summed E-state index contributed by atoms with van der Waals surface area (Å²) in [6, 6.07) is 4.92. The number of likely N-dealkylation sites (tertiary alicyclic amines) is 1. The second-order valence-corrected chi connectivity index (χ2v) is 9.82. The van der Waals surface area contributed by atoms with Gasteiger partial charge in [0, 0.05) is 52.0 Å². The van der Waals surface area contributed by atoms with E-state index in [1.54, 1.807) is 23.1 Å². The molecule has 2 aliphatic heterocycles. The number of nitrogens with two attached hydrogens (primary N) is 1. The minimum Gasteiger partial charge on any atom is -0.371 e. The van der Waals surface area contributed by atoms with E-state index in [2.05, 4.69) is 4.90 Å². The van der Waals surface area contributed by atoms with Crippen LogP contribution in [0.1, 0.15) is 42.5 Å². The van der Waals surface area contributed by atoms with Crippen molar-refractivity contribution in [3.8, 4) is 0 Å². The van der Waals surface area contributed by atoms with E-state index in [-0.39, 0.29) is 16.8 Å². The van der Waals surface area contributed by atoms with Gasteiger partial charge in [0.15, 0.2) is 0 Å². The van der Waals surface area contributed by atoms with Gasteiger partial charge in [-0.25, -0.2) is 12.7 Å². The van der Waals surface area contributed by atoms with Gasteiger partial charge in [0.05, 0.1) is 10.5 Å². The predicted octanol–water partition coefficient (Wildman–Crippen LogP) is 1.49. The number of hydrogen-bond acceptors (Lipinski definition) is 5. The molecule has 1 aromatic rings. The van der Waals surface area contributed by atoms with Gasteiger partial charge in [0.2, 0.25) is 10.0 Å². The van der Waals surface area contributed by atoms with Crippen LogP contribution in [0.3, 0.4) is 0 Å². The van der Waals surface area contributed by atoms with Crippen LogP contribution in [0.15, 0.2) is 23.1 Å². The SMILES string of the molecule is CN(C)S(=O)(=O)c1ccc(N2CCCCC2)c(C(=O)N2CCCC(N)C2)c1. The van der Waals surface area contributed by atoms with Gasteiger partial charge < -0.3 is 15.5 Å². The minimum absolute atomic E-state index is 0.0187. The van der Waals surface area contributed by atoms with E-state index >= 15 is 0 Å². The van der Waals surface area contributed by atoms with Gasteiger partial charge in [-0.05, 0) is 50.3 Å². The molecule has 7 nitrogen and oxygen atoms in total. The number of carbonyl (C=O) groups is 1. The lowest BCUT2D eigenvalue weighted by Gasteiger charge is -2.34. The molecule has 1 amide bonds. The first-order valence-electron chi connectivity index (χ1n) is 9.67. The van der Waals surface area contributed by atoms with Crippen molar-refractivity contribution in [3.63, 3.8) is 0 Å². The lowest BCUT2D eigenvalue weighted by atomic mass is 10.0. The number of anilines is 1. The highest BCUT2D eigenvalue weighted by molar-refractivity contribution is 7.89. The lowest BCUT2D eigenvalue weighted by Crippen LogP contribution is -2.46. The Morgan fingerprint density at radius 1 is 1.11 bits per heavy atom. The summed E-state index contributed by atoms with van der Waals surface area (Å²) < 4.78 is 26.4. The van der Waals surface area contributed by atoms with Crippen LogP contribution < -0.4 is 10.6 Å². The zero-order valence-electron chi connectivity index (χ0n) is 16.2. The standard InChI is InChI=1S/C19H30N4O3S/c1-21(2)27(25,26)16-8-9-18(22-10-4-3-5-11-22)17(13-16)19(24)23-12-6-7-15(20)14-23/h8-9,13,15H,3-7,10-12,14,20H2,1-2H3. The molecule has 2 saturated heterocycles. The first-order valence-corrected chi connectivity index (χ1v) is 11.1. The third-order valence-corrected chi connectivity index (χ3v) is 7.23. The van der Waals surface area contributed by atoms with E-state index in [0.29, 0.717) is 18.7 Å². The van der Waals surface area contributed by atoms with Crippen molar-refractivity contribution in [3.05, 3.63) is 23.8 Å². The molecule has 0 aromatic heterocycles. The van der Waals surface area contributed by atoms with Gasteiger partial charge in [-0.15, -0.1) is 0 Å². The van der Waals surface area contributed by atoms with Crippen LogP contribution in [0.25, 0.3) is 0 Å². The second-order valence-electron chi connectivity index (χ2n) is 7.67. The maximum atomic E-state index is 13.3. The molecule has 0 radical (unpaired) electrons. The van der Waals surface area contributed by atoms with E-state index in [0.717, 1.165) is 44.5 Å². The molecule has 150 valence electrons. The van der Waals surface area contributed by atoms with Crippen molar-refractivity contribution in [2.75, 3.05) is 45.2 Å². The Kier molecular flexibility index (Phi) is 6.08. The molecule has 2 N–H and O–H groups in total.